The van der Waals surface area contributed by atoms with Gasteiger partial charge in [0.1, 0.15) is 0 Å². The maximum atomic E-state index is 12.6. The molecule has 3 aromatic rings. The third kappa shape index (κ3) is 4.40. The van der Waals surface area contributed by atoms with Crippen LogP contribution in [0.4, 0.5) is 5.69 Å². The SMILES string of the molecule is Cc1cccc(C)c1NC(=O)CN(C)C(=O)c1cnn(-c2cccc(Cl)c2)c1. The molecular formula is C21H21ClN4O2. The lowest BCUT2D eigenvalue weighted by molar-refractivity contribution is -0.116. The Bertz CT molecular complexity index is 1010. The zero-order chi connectivity index (χ0) is 20.3. The number of halogens is 1. The van der Waals surface area contributed by atoms with Crippen molar-refractivity contribution < 1.29 is 9.59 Å². The Hall–Kier alpha value is -3.12. The lowest BCUT2D eigenvalue weighted by Crippen LogP contribution is -2.35. The minimum Gasteiger partial charge on any atom is -0.332 e. The number of nitrogens with one attached hydrogen (secondary N) is 1. The van der Waals surface area contributed by atoms with E-state index in [9.17, 15) is 9.59 Å². The van der Waals surface area contributed by atoms with Crippen molar-refractivity contribution in [1.29, 1.82) is 0 Å². The summed E-state index contributed by atoms with van der Waals surface area (Å²) in [7, 11) is 1.59. The maximum absolute atomic E-state index is 12.6. The van der Waals surface area contributed by atoms with Gasteiger partial charge in [-0.2, -0.15) is 5.10 Å². The van der Waals surface area contributed by atoms with Crippen LogP contribution in [0.15, 0.2) is 54.9 Å². The highest BCUT2D eigenvalue weighted by Gasteiger charge is 2.18. The fourth-order valence-corrected chi connectivity index (χ4v) is 3.08. The molecule has 0 atom stereocenters. The molecule has 0 aliphatic heterocycles. The van der Waals surface area contributed by atoms with Gasteiger partial charge in [0.25, 0.3) is 5.91 Å². The predicted molar refractivity (Wildman–Crippen MR) is 110 cm³/mol. The fraction of sp³-hybridized carbons (Fsp3) is 0.190. The van der Waals surface area contributed by atoms with Crippen LogP contribution >= 0.6 is 11.6 Å². The van der Waals surface area contributed by atoms with Gasteiger partial charge >= 0.3 is 0 Å². The molecule has 28 heavy (non-hydrogen) atoms. The predicted octanol–water partition coefficient (Wildman–Crippen LogP) is 3.85. The minimum absolute atomic E-state index is 0.0606. The van der Waals surface area contributed by atoms with Gasteiger partial charge in [0, 0.05) is 24.0 Å². The quantitative estimate of drug-likeness (QED) is 0.712. The number of nitrogens with zero attached hydrogens (tertiary/aromatic N) is 3. The average Bonchev–Trinajstić information content (AvgIpc) is 3.14. The van der Waals surface area contributed by atoms with Gasteiger partial charge in [-0.05, 0) is 43.2 Å². The van der Waals surface area contributed by atoms with Crippen LogP contribution in [0.5, 0.6) is 0 Å². The van der Waals surface area contributed by atoms with Crippen LogP contribution in [0.2, 0.25) is 5.02 Å². The second kappa shape index (κ2) is 8.27. The molecule has 144 valence electrons. The molecule has 0 fully saturated rings. The number of benzene rings is 2. The second-order valence-corrected chi connectivity index (χ2v) is 7.07. The number of hydrogen-bond donors (Lipinski definition) is 1. The van der Waals surface area contributed by atoms with Crippen LogP contribution in [-0.4, -0.2) is 40.1 Å². The number of amides is 2. The van der Waals surface area contributed by atoms with Crippen molar-refractivity contribution in [3.8, 4) is 5.69 Å². The van der Waals surface area contributed by atoms with Crippen LogP contribution in [-0.2, 0) is 4.79 Å². The molecule has 2 aromatic carbocycles. The van der Waals surface area contributed by atoms with Crippen molar-refractivity contribution in [3.05, 3.63) is 76.6 Å². The first kappa shape index (κ1) is 19.6. The van der Waals surface area contributed by atoms with Crippen molar-refractivity contribution in [2.45, 2.75) is 13.8 Å². The summed E-state index contributed by atoms with van der Waals surface area (Å²) in [4.78, 5) is 26.4. The molecular weight excluding hydrogens is 376 g/mol. The van der Waals surface area contributed by atoms with Crippen molar-refractivity contribution in [2.24, 2.45) is 0 Å². The van der Waals surface area contributed by atoms with Gasteiger partial charge in [0.15, 0.2) is 0 Å². The number of anilines is 1. The molecule has 0 aliphatic carbocycles. The summed E-state index contributed by atoms with van der Waals surface area (Å²) >= 11 is 6.00. The molecule has 0 aliphatic rings. The van der Waals surface area contributed by atoms with E-state index in [0.29, 0.717) is 10.6 Å². The Balaban J connectivity index is 1.67. The third-order valence-corrected chi connectivity index (χ3v) is 4.61. The summed E-state index contributed by atoms with van der Waals surface area (Å²) in [5.41, 5.74) is 3.88. The van der Waals surface area contributed by atoms with Crippen molar-refractivity contribution in [1.82, 2.24) is 14.7 Å². The molecule has 2 amide bonds. The highest BCUT2D eigenvalue weighted by molar-refractivity contribution is 6.30. The monoisotopic (exact) mass is 396 g/mol. The highest BCUT2D eigenvalue weighted by atomic mass is 35.5. The highest BCUT2D eigenvalue weighted by Crippen LogP contribution is 2.19. The third-order valence-electron chi connectivity index (χ3n) is 4.38. The number of para-hydroxylation sites is 1. The first-order valence-electron chi connectivity index (χ1n) is 8.77. The standard InChI is InChI=1S/C21H21ClN4O2/c1-14-6-4-7-15(2)20(14)24-19(27)13-25(3)21(28)16-11-23-26(12-16)18-9-5-8-17(22)10-18/h4-12H,13H2,1-3H3,(H,24,27). The van der Waals surface area contributed by atoms with E-state index in [0.717, 1.165) is 22.5 Å². The first-order valence-corrected chi connectivity index (χ1v) is 9.15. The number of carbonyl (C=O) groups excluding carboxylic acids is 2. The molecule has 7 heteroatoms. The largest absolute Gasteiger partial charge is 0.332 e. The summed E-state index contributed by atoms with van der Waals surface area (Å²) in [6, 6.07) is 13.0. The van der Waals surface area contributed by atoms with Crippen molar-refractivity contribution >= 4 is 29.1 Å². The number of aromatic nitrogens is 2. The van der Waals surface area contributed by atoms with E-state index >= 15 is 0 Å². The van der Waals surface area contributed by atoms with Crippen molar-refractivity contribution in [3.63, 3.8) is 0 Å². The summed E-state index contributed by atoms with van der Waals surface area (Å²) in [5, 5.41) is 7.68. The maximum Gasteiger partial charge on any atom is 0.257 e. The van der Waals surface area contributed by atoms with Crippen LogP contribution in [0, 0.1) is 13.8 Å². The molecule has 0 saturated carbocycles. The van der Waals surface area contributed by atoms with E-state index in [2.05, 4.69) is 10.4 Å². The Morgan fingerprint density at radius 2 is 1.82 bits per heavy atom. The number of likely N-dealkylation sites (N-methyl/N-ethyl adjacent to an activating group) is 1. The Labute approximate surface area is 168 Å². The van der Waals surface area contributed by atoms with Crippen LogP contribution < -0.4 is 5.32 Å². The van der Waals surface area contributed by atoms with Crippen LogP contribution in [0.1, 0.15) is 21.5 Å². The fourth-order valence-electron chi connectivity index (χ4n) is 2.89. The topological polar surface area (TPSA) is 67.2 Å². The lowest BCUT2D eigenvalue weighted by atomic mass is 10.1. The summed E-state index contributed by atoms with van der Waals surface area (Å²) in [6.07, 6.45) is 3.09. The van der Waals surface area contributed by atoms with E-state index < -0.39 is 0 Å². The van der Waals surface area contributed by atoms with Gasteiger partial charge in [0.05, 0.1) is 24.0 Å². The van der Waals surface area contributed by atoms with Gasteiger partial charge in [0.2, 0.25) is 5.91 Å². The molecule has 0 bridgehead atoms. The molecule has 3 rings (SSSR count). The Kier molecular flexibility index (Phi) is 5.80. The molecule has 1 heterocycles. The van der Waals surface area contributed by atoms with E-state index in [-0.39, 0.29) is 18.4 Å². The lowest BCUT2D eigenvalue weighted by Gasteiger charge is -2.17. The summed E-state index contributed by atoms with van der Waals surface area (Å²) < 4.78 is 1.57. The summed E-state index contributed by atoms with van der Waals surface area (Å²) in [5.74, 6) is -0.541. The normalized spacial score (nSPS) is 10.6. The molecule has 0 unspecified atom stereocenters. The number of aryl methyl sites for hydroxylation is 2. The molecule has 0 spiro atoms. The molecule has 0 radical (unpaired) electrons. The van der Waals surface area contributed by atoms with Crippen LogP contribution in [0.3, 0.4) is 0 Å². The van der Waals surface area contributed by atoms with Gasteiger partial charge in [-0.15, -0.1) is 0 Å². The minimum atomic E-state index is -0.287. The Morgan fingerprint density at radius 3 is 2.50 bits per heavy atom. The Morgan fingerprint density at radius 1 is 1.14 bits per heavy atom. The number of carbonyl (C=O) groups is 2. The van der Waals surface area contributed by atoms with E-state index in [1.54, 1.807) is 30.1 Å². The summed E-state index contributed by atoms with van der Waals surface area (Å²) in [6.45, 7) is 3.80. The van der Waals surface area contributed by atoms with Gasteiger partial charge in [-0.1, -0.05) is 35.9 Å². The average molecular weight is 397 g/mol. The van der Waals surface area contributed by atoms with Crippen molar-refractivity contribution in [2.75, 3.05) is 18.9 Å². The van der Waals surface area contributed by atoms with Gasteiger partial charge < -0.3 is 10.2 Å². The van der Waals surface area contributed by atoms with E-state index in [4.69, 9.17) is 11.6 Å². The number of rotatable bonds is 5. The zero-order valence-corrected chi connectivity index (χ0v) is 16.7. The van der Waals surface area contributed by atoms with E-state index in [1.165, 1.54) is 11.1 Å². The van der Waals surface area contributed by atoms with Crippen LogP contribution in [0.25, 0.3) is 5.69 Å². The number of hydrogen-bond acceptors (Lipinski definition) is 3. The molecule has 1 N–H and O–H groups in total. The first-order chi connectivity index (χ1) is 13.3. The second-order valence-electron chi connectivity index (χ2n) is 6.63. The molecule has 0 saturated heterocycles. The van der Waals surface area contributed by atoms with Gasteiger partial charge in [-0.25, -0.2) is 4.68 Å². The van der Waals surface area contributed by atoms with E-state index in [1.807, 2.05) is 44.2 Å². The van der Waals surface area contributed by atoms with Gasteiger partial charge in [-0.3, -0.25) is 9.59 Å². The molecule has 6 nitrogen and oxygen atoms in total. The zero-order valence-electron chi connectivity index (χ0n) is 15.9. The smallest absolute Gasteiger partial charge is 0.257 e. The molecule has 1 aromatic heterocycles.